The van der Waals surface area contributed by atoms with Crippen molar-refractivity contribution in [2.24, 2.45) is 5.92 Å². The van der Waals surface area contributed by atoms with E-state index in [9.17, 15) is 18.0 Å². The van der Waals surface area contributed by atoms with Gasteiger partial charge < -0.3 is 14.8 Å². The van der Waals surface area contributed by atoms with Gasteiger partial charge in [-0.2, -0.15) is 4.31 Å². The van der Waals surface area contributed by atoms with Crippen LogP contribution in [0.4, 0.5) is 4.79 Å². The van der Waals surface area contributed by atoms with Crippen molar-refractivity contribution in [2.75, 3.05) is 45.9 Å². The molecule has 3 amide bonds. The maximum Gasteiger partial charge on any atom is 0.321 e. The molecule has 0 radical (unpaired) electrons. The number of carbonyl (C=O) groups excluding carboxylic acids is 2. The number of amides is 3. The lowest BCUT2D eigenvalue weighted by atomic mass is 9.86. The maximum atomic E-state index is 13.1. The Bertz CT molecular complexity index is 993. The highest BCUT2D eigenvalue weighted by atomic mass is 32.2. The van der Waals surface area contributed by atoms with Crippen LogP contribution >= 0.6 is 0 Å². The Morgan fingerprint density at radius 2 is 1.71 bits per heavy atom. The minimum absolute atomic E-state index is 0.0472. The first-order chi connectivity index (χ1) is 16.3. The van der Waals surface area contributed by atoms with Crippen molar-refractivity contribution >= 4 is 22.0 Å². The fourth-order valence-corrected chi connectivity index (χ4v) is 6.12. The molecule has 3 aliphatic rings. The van der Waals surface area contributed by atoms with Crippen molar-refractivity contribution in [1.29, 1.82) is 0 Å². The summed E-state index contributed by atoms with van der Waals surface area (Å²) in [6.45, 7) is 4.50. The molecule has 1 saturated carbocycles. The number of hydrogen-bond donors (Lipinski definition) is 2. The molecule has 0 spiro atoms. The zero-order chi connectivity index (χ0) is 24.1. The number of piperazine rings is 1. The van der Waals surface area contributed by atoms with Gasteiger partial charge >= 0.3 is 6.03 Å². The van der Waals surface area contributed by atoms with E-state index in [1.807, 2.05) is 4.90 Å². The Labute approximate surface area is 201 Å². The highest BCUT2D eigenvalue weighted by molar-refractivity contribution is 7.89. The molecule has 2 aliphatic heterocycles. The number of sulfonamides is 1. The van der Waals surface area contributed by atoms with Gasteiger partial charge in [0.25, 0.3) is 0 Å². The van der Waals surface area contributed by atoms with Crippen LogP contribution in [0.25, 0.3) is 0 Å². The van der Waals surface area contributed by atoms with Crippen LogP contribution in [0.2, 0.25) is 0 Å². The second-order valence-electron chi connectivity index (χ2n) is 9.23. The molecule has 188 valence electrons. The van der Waals surface area contributed by atoms with Gasteiger partial charge in [0.05, 0.1) is 24.7 Å². The van der Waals surface area contributed by atoms with Crippen LogP contribution in [0, 0.1) is 5.92 Å². The molecular weight excluding hydrogens is 460 g/mol. The molecule has 2 atom stereocenters. The molecular formula is C23H34N4O6S. The monoisotopic (exact) mass is 494 g/mol. The van der Waals surface area contributed by atoms with Gasteiger partial charge in [-0.25, -0.2) is 13.2 Å². The normalized spacial score (nSPS) is 24.1. The first-order valence-corrected chi connectivity index (χ1v) is 13.5. The highest BCUT2D eigenvalue weighted by Crippen LogP contribution is 2.33. The zero-order valence-corrected chi connectivity index (χ0v) is 20.4. The predicted octanol–water partition coefficient (Wildman–Crippen LogP) is 1.56. The van der Waals surface area contributed by atoms with E-state index in [4.69, 9.17) is 9.47 Å². The lowest BCUT2D eigenvalue weighted by molar-refractivity contribution is -0.121. The Kier molecular flexibility index (Phi) is 7.95. The fourth-order valence-electron chi connectivity index (χ4n) is 4.69. The molecule has 2 N–H and O–H groups in total. The Hall–Kier alpha value is -2.37. The average Bonchev–Trinajstić information content (AvgIpc) is 3.06. The summed E-state index contributed by atoms with van der Waals surface area (Å²) < 4.78 is 38.9. The number of hydrogen-bond acceptors (Lipinski definition) is 7. The van der Waals surface area contributed by atoms with Gasteiger partial charge in [-0.05, 0) is 30.9 Å². The number of nitrogens with one attached hydrogen (secondary N) is 2. The zero-order valence-electron chi connectivity index (χ0n) is 19.6. The molecule has 1 aliphatic carbocycles. The Morgan fingerprint density at radius 1 is 1.00 bits per heavy atom. The minimum atomic E-state index is -3.69. The molecule has 34 heavy (non-hydrogen) atoms. The van der Waals surface area contributed by atoms with Crippen LogP contribution in [0.1, 0.15) is 39.0 Å². The molecule has 2 fully saturated rings. The van der Waals surface area contributed by atoms with Gasteiger partial charge in [-0.3, -0.25) is 15.0 Å². The number of urea groups is 1. The number of imide groups is 1. The molecule has 11 heteroatoms. The highest BCUT2D eigenvalue weighted by Gasteiger charge is 2.30. The van der Waals surface area contributed by atoms with Crippen molar-refractivity contribution in [3.63, 3.8) is 0 Å². The number of ether oxygens (including phenoxy) is 2. The van der Waals surface area contributed by atoms with Crippen molar-refractivity contribution in [3.05, 3.63) is 18.2 Å². The van der Waals surface area contributed by atoms with E-state index in [-0.39, 0.29) is 36.5 Å². The minimum Gasteiger partial charge on any atom is -0.490 e. The molecule has 0 aromatic heterocycles. The van der Waals surface area contributed by atoms with Crippen molar-refractivity contribution in [2.45, 2.75) is 50.0 Å². The first kappa shape index (κ1) is 24.7. The summed E-state index contributed by atoms with van der Waals surface area (Å²) in [5, 5.41) is 5.32. The number of benzene rings is 1. The van der Waals surface area contributed by atoms with E-state index >= 15 is 0 Å². The van der Waals surface area contributed by atoms with Crippen LogP contribution < -0.4 is 20.1 Å². The van der Waals surface area contributed by atoms with Gasteiger partial charge in [-0.15, -0.1) is 0 Å². The third kappa shape index (κ3) is 6.00. The SMILES string of the molecule is C[C@H]1CCCC[C@H]1NC(=O)NC(=O)CN1CCN(S(=O)(=O)c2ccc3c(c2)OCCCO3)CC1. The number of fused-ring (bicyclic) bond motifs is 1. The maximum absolute atomic E-state index is 13.1. The molecule has 2 heterocycles. The number of nitrogens with zero attached hydrogens (tertiary/aromatic N) is 2. The largest absolute Gasteiger partial charge is 0.490 e. The standard InChI is InChI=1S/C23H34N4O6S/c1-17-5-2-3-6-19(17)24-23(29)25-22(28)16-26-9-11-27(12-10-26)34(30,31)18-7-8-20-21(15-18)33-14-4-13-32-20/h7-8,15,17,19H,2-6,9-14,16H2,1H3,(H2,24,25,28,29)/t17-,19+/m0/s1. The number of rotatable bonds is 5. The van der Waals surface area contributed by atoms with E-state index in [1.165, 1.54) is 22.9 Å². The molecule has 1 saturated heterocycles. The summed E-state index contributed by atoms with van der Waals surface area (Å²) in [6, 6.07) is 4.32. The molecule has 10 nitrogen and oxygen atoms in total. The first-order valence-electron chi connectivity index (χ1n) is 12.1. The molecule has 1 aromatic carbocycles. The van der Waals surface area contributed by atoms with Crippen molar-refractivity contribution in [1.82, 2.24) is 19.8 Å². The van der Waals surface area contributed by atoms with Crippen LogP contribution in [0.15, 0.2) is 23.1 Å². The molecule has 0 bridgehead atoms. The molecule has 0 unspecified atom stereocenters. The van der Waals surface area contributed by atoms with Crippen LogP contribution in [-0.2, 0) is 14.8 Å². The Morgan fingerprint density at radius 3 is 2.44 bits per heavy atom. The molecule has 1 aromatic rings. The van der Waals surface area contributed by atoms with E-state index in [0.29, 0.717) is 43.7 Å². The quantitative estimate of drug-likeness (QED) is 0.638. The van der Waals surface area contributed by atoms with Gasteiger partial charge in [0.15, 0.2) is 11.5 Å². The van der Waals surface area contributed by atoms with Crippen molar-refractivity contribution < 1.29 is 27.5 Å². The van der Waals surface area contributed by atoms with E-state index in [1.54, 1.807) is 6.07 Å². The average molecular weight is 495 g/mol. The Balaban J connectivity index is 1.26. The van der Waals surface area contributed by atoms with E-state index in [0.717, 1.165) is 25.7 Å². The lowest BCUT2D eigenvalue weighted by Crippen LogP contribution is -2.53. The third-order valence-corrected chi connectivity index (χ3v) is 8.63. The summed E-state index contributed by atoms with van der Waals surface area (Å²) in [5.41, 5.74) is 0. The topological polar surface area (TPSA) is 117 Å². The van der Waals surface area contributed by atoms with Crippen molar-refractivity contribution in [3.8, 4) is 11.5 Å². The molecule has 4 rings (SSSR count). The summed E-state index contributed by atoms with van der Waals surface area (Å²) >= 11 is 0. The van der Waals surface area contributed by atoms with Crippen LogP contribution in [-0.4, -0.2) is 81.5 Å². The summed E-state index contributed by atoms with van der Waals surface area (Å²) in [7, 11) is -3.69. The lowest BCUT2D eigenvalue weighted by Gasteiger charge is -2.33. The smallest absolute Gasteiger partial charge is 0.321 e. The number of carbonyl (C=O) groups is 2. The summed E-state index contributed by atoms with van der Waals surface area (Å²) in [6.07, 6.45) is 5.02. The van der Waals surface area contributed by atoms with Gasteiger partial charge in [0.2, 0.25) is 15.9 Å². The summed E-state index contributed by atoms with van der Waals surface area (Å²) in [5.74, 6) is 1.01. The third-order valence-electron chi connectivity index (χ3n) is 6.74. The van der Waals surface area contributed by atoms with Gasteiger partial charge in [0, 0.05) is 44.7 Å². The predicted molar refractivity (Wildman–Crippen MR) is 125 cm³/mol. The van der Waals surface area contributed by atoms with E-state index < -0.39 is 16.1 Å². The second kappa shape index (κ2) is 10.9. The van der Waals surface area contributed by atoms with Crippen LogP contribution in [0.5, 0.6) is 11.5 Å². The van der Waals surface area contributed by atoms with E-state index in [2.05, 4.69) is 17.6 Å². The fraction of sp³-hybridized carbons (Fsp3) is 0.652. The van der Waals surface area contributed by atoms with Gasteiger partial charge in [-0.1, -0.05) is 19.8 Å². The second-order valence-corrected chi connectivity index (χ2v) is 11.2. The van der Waals surface area contributed by atoms with Gasteiger partial charge in [0.1, 0.15) is 0 Å². The summed E-state index contributed by atoms with van der Waals surface area (Å²) in [4.78, 5) is 26.6. The van der Waals surface area contributed by atoms with Crippen LogP contribution in [0.3, 0.4) is 0 Å².